The first-order chi connectivity index (χ1) is 13.5. The summed E-state index contributed by atoms with van der Waals surface area (Å²) in [5.74, 6) is 0.138. The average Bonchev–Trinajstić information content (AvgIpc) is 3.43. The zero-order chi connectivity index (χ0) is 19.7. The van der Waals surface area contributed by atoms with Crippen LogP contribution in [0.4, 0.5) is 5.00 Å². The topological polar surface area (TPSA) is 45.5 Å². The molecule has 1 aromatic carbocycles. The van der Waals surface area contributed by atoms with Crippen LogP contribution in [0.1, 0.15) is 56.6 Å². The number of thiophene rings is 1. The van der Waals surface area contributed by atoms with Crippen molar-refractivity contribution in [1.29, 1.82) is 0 Å². The standard InChI is InChI=1S/C23H26N2O2S/c1-15-8-10-18(11-9-15)21(25-12-4-5-13-25)20-16(2)17(3)28-23(20)24-22(26)19-7-6-14-27-19/h6-11,14,21H,4-5,12-13H2,1-3H3,(H,24,26)/t21-/m0/s1. The van der Waals surface area contributed by atoms with Crippen molar-refractivity contribution in [2.24, 2.45) is 0 Å². The fourth-order valence-electron chi connectivity index (χ4n) is 3.95. The lowest BCUT2D eigenvalue weighted by Gasteiger charge is -2.29. The van der Waals surface area contributed by atoms with Crippen LogP contribution in [-0.2, 0) is 0 Å². The molecule has 0 saturated carbocycles. The second kappa shape index (κ2) is 7.94. The van der Waals surface area contributed by atoms with Gasteiger partial charge in [0, 0.05) is 10.4 Å². The third kappa shape index (κ3) is 3.64. The average molecular weight is 395 g/mol. The predicted molar refractivity (Wildman–Crippen MR) is 114 cm³/mol. The molecule has 4 nitrogen and oxygen atoms in total. The minimum atomic E-state index is -0.198. The second-order valence-electron chi connectivity index (χ2n) is 7.51. The molecule has 1 fully saturated rings. The number of nitrogens with zero attached hydrogens (tertiary/aromatic N) is 1. The van der Waals surface area contributed by atoms with Crippen LogP contribution in [0.3, 0.4) is 0 Å². The van der Waals surface area contributed by atoms with Crippen LogP contribution in [0.15, 0.2) is 47.1 Å². The molecule has 1 amide bonds. The normalized spacial score (nSPS) is 15.7. The van der Waals surface area contributed by atoms with Crippen LogP contribution < -0.4 is 5.32 Å². The number of benzene rings is 1. The molecule has 0 bridgehead atoms. The van der Waals surface area contributed by atoms with Crippen molar-refractivity contribution in [3.63, 3.8) is 0 Å². The van der Waals surface area contributed by atoms with Gasteiger partial charge in [-0.3, -0.25) is 9.69 Å². The van der Waals surface area contributed by atoms with E-state index in [4.69, 9.17) is 4.42 Å². The number of carbonyl (C=O) groups excluding carboxylic acids is 1. The van der Waals surface area contributed by atoms with Crippen LogP contribution in [0.2, 0.25) is 0 Å². The Kier molecular flexibility index (Phi) is 5.38. The lowest BCUT2D eigenvalue weighted by Crippen LogP contribution is -2.27. The van der Waals surface area contributed by atoms with E-state index < -0.39 is 0 Å². The summed E-state index contributed by atoms with van der Waals surface area (Å²) >= 11 is 1.65. The van der Waals surface area contributed by atoms with Gasteiger partial charge in [-0.1, -0.05) is 29.8 Å². The summed E-state index contributed by atoms with van der Waals surface area (Å²) in [6, 6.07) is 12.4. The summed E-state index contributed by atoms with van der Waals surface area (Å²) in [4.78, 5) is 16.4. The van der Waals surface area contributed by atoms with Crippen LogP contribution >= 0.6 is 11.3 Å². The Hall–Kier alpha value is -2.37. The Morgan fingerprint density at radius 1 is 1.11 bits per heavy atom. The molecule has 0 spiro atoms. The third-order valence-electron chi connectivity index (χ3n) is 5.58. The van der Waals surface area contributed by atoms with Gasteiger partial charge in [0.05, 0.1) is 12.3 Å². The second-order valence-corrected chi connectivity index (χ2v) is 8.74. The minimum Gasteiger partial charge on any atom is -0.459 e. The Balaban J connectivity index is 1.77. The van der Waals surface area contributed by atoms with Gasteiger partial charge in [0.25, 0.3) is 5.91 Å². The van der Waals surface area contributed by atoms with Crippen LogP contribution in [-0.4, -0.2) is 23.9 Å². The largest absolute Gasteiger partial charge is 0.459 e. The van der Waals surface area contributed by atoms with E-state index in [9.17, 15) is 4.79 Å². The van der Waals surface area contributed by atoms with Crippen molar-refractivity contribution >= 4 is 22.2 Å². The van der Waals surface area contributed by atoms with Gasteiger partial charge in [-0.05, 0) is 70.0 Å². The summed E-state index contributed by atoms with van der Waals surface area (Å²) in [6.45, 7) is 8.57. The molecule has 1 aliphatic rings. The highest BCUT2D eigenvalue weighted by atomic mass is 32.1. The third-order valence-corrected chi connectivity index (χ3v) is 6.71. The zero-order valence-corrected chi connectivity index (χ0v) is 17.4. The number of likely N-dealkylation sites (tertiary alicyclic amines) is 1. The molecule has 28 heavy (non-hydrogen) atoms. The number of nitrogens with one attached hydrogen (secondary N) is 1. The molecule has 0 radical (unpaired) electrons. The molecule has 2 aromatic heterocycles. The highest BCUT2D eigenvalue weighted by molar-refractivity contribution is 7.16. The number of aryl methyl sites for hydroxylation is 2. The molecule has 1 N–H and O–H groups in total. The fourth-order valence-corrected chi connectivity index (χ4v) is 5.04. The van der Waals surface area contributed by atoms with Gasteiger partial charge in [-0.15, -0.1) is 11.3 Å². The minimum absolute atomic E-state index is 0.153. The number of amides is 1. The summed E-state index contributed by atoms with van der Waals surface area (Å²) in [5.41, 5.74) is 5.01. The Labute approximate surface area is 170 Å². The number of anilines is 1. The highest BCUT2D eigenvalue weighted by Crippen LogP contribution is 2.43. The molecule has 146 valence electrons. The van der Waals surface area contributed by atoms with Gasteiger partial charge in [0.15, 0.2) is 5.76 Å². The molecule has 4 rings (SSSR count). The maximum absolute atomic E-state index is 12.7. The highest BCUT2D eigenvalue weighted by Gasteiger charge is 2.31. The number of hydrogen-bond donors (Lipinski definition) is 1. The SMILES string of the molecule is Cc1ccc([C@@H](c2c(NC(=O)c3ccco3)sc(C)c2C)N2CCCC2)cc1. The van der Waals surface area contributed by atoms with E-state index in [0.717, 1.165) is 18.1 Å². The molecular weight excluding hydrogens is 368 g/mol. The quantitative estimate of drug-likeness (QED) is 0.603. The first-order valence-electron chi connectivity index (χ1n) is 9.80. The smallest absolute Gasteiger partial charge is 0.291 e. The van der Waals surface area contributed by atoms with Gasteiger partial charge in [0.1, 0.15) is 5.00 Å². The van der Waals surface area contributed by atoms with Crippen molar-refractivity contribution < 1.29 is 9.21 Å². The van der Waals surface area contributed by atoms with Gasteiger partial charge in [-0.2, -0.15) is 0 Å². The summed E-state index contributed by atoms with van der Waals surface area (Å²) in [6.07, 6.45) is 3.97. The van der Waals surface area contributed by atoms with E-state index >= 15 is 0 Å². The van der Waals surface area contributed by atoms with E-state index in [-0.39, 0.29) is 11.9 Å². The first kappa shape index (κ1) is 19.0. The van der Waals surface area contributed by atoms with Crippen molar-refractivity contribution in [3.05, 3.63) is 75.6 Å². The monoisotopic (exact) mass is 394 g/mol. The fraction of sp³-hybridized carbons (Fsp3) is 0.348. The number of furan rings is 1. The molecule has 3 aromatic rings. The van der Waals surface area contributed by atoms with E-state index in [1.165, 1.54) is 46.2 Å². The first-order valence-corrected chi connectivity index (χ1v) is 10.6. The number of rotatable bonds is 5. The summed E-state index contributed by atoms with van der Waals surface area (Å²) in [7, 11) is 0. The molecule has 5 heteroatoms. The maximum atomic E-state index is 12.7. The molecule has 3 heterocycles. The summed E-state index contributed by atoms with van der Waals surface area (Å²) < 4.78 is 5.28. The van der Waals surface area contributed by atoms with Crippen molar-refractivity contribution in [3.8, 4) is 0 Å². The number of carbonyl (C=O) groups is 1. The lowest BCUT2D eigenvalue weighted by atomic mass is 9.94. The summed E-state index contributed by atoms with van der Waals surface area (Å²) in [5, 5.41) is 4.04. The Bertz CT molecular complexity index is 951. The maximum Gasteiger partial charge on any atom is 0.291 e. The van der Waals surface area contributed by atoms with Gasteiger partial charge >= 0.3 is 0 Å². The number of hydrogen-bond acceptors (Lipinski definition) is 4. The van der Waals surface area contributed by atoms with E-state index in [1.54, 1.807) is 23.5 Å². The predicted octanol–water partition coefficient (Wildman–Crippen LogP) is 5.70. The zero-order valence-electron chi connectivity index (χ0n) is 16.6. The van der Waals surface area contributed by atoms with Gasteiger partial charge in [-0.25, -0.2) is 0 Å². The Morgan fingerprint density at radius 2 is 1.82 bits per heavy atom. The van der Waals surface area contributed by atoms with Crippen molar-refractivity contribution in [2.75, 3.05) is 18.4 Å². The molecule has 1 saturated heterocycles. The van der Waals surface area contributed by atoms with Crippen molar-refractivity contribution in [1.82, 2.24) is 4.90 Å². The van der Waals surface area contributed by atoms with E-state index in [1.807, 2.05) is 0 Å². The molecule has 0 unspecified atom stereocenters. The van der Waals surface area contributed by atoms with Gasteiger partial charge in [0.2, 0.25) is 0 Å². The van der Waals surface area contributed by atoms with Crippen molar-refractivity contribution in [2.45, 2.75) is 39.7 Å². The molecule has 1 aliphatic heterocycles. The van der Waals surface area contributed by atoms with E-state index in [2.05, 4.69) is 55.3 Å². The van der Waals surface area contributed by atoms with Crippen LogP contribution in [0.25, 0.3) is 0 Å². The molecular formula is C23H26N2O2S. The van der Waals surface area contributed by atoms with Gasteiger partial charge < -0.3 is 9.73 Å². The van der Waals surface area contributed by atoms with Crippen LogP contribution in [0.5, 0.6) is 0 Å². The Morgan fingerprint density at radius 3 is 2.46 bits per heavy atom. The van der Waals surface area contributed by atoms with E-state index in [0.29, 0.717) is 5.76 Å². The van der Waals surface area contributed by atoms with Crippen LogP contribution in [0, 0.1) is 20.8 Å². The molecule has 1 atom stereocenters. The molecule has 0 aliphatic carbocycles. The lowest BCUT2D eigenvalue weighted by molar-refractivity contribution is 0.0997.